The second-order valence-electron chi connectivity index (χ2n) is 6.25. The molecule has 0 aliphatic carbocycles. The van der Waals surface area contributed by atoms with E-state index in [1.807, 2.05) is 0 Å². The number of piperidine rings is 1. The van der Waals surface area contributed by atoms with Crippen LogP contribution < -0.4 is 9.47 Å². The van der Waals surface area contributed by atoms with Crippen molar-refractivity contribution in [1.29, 1.82) is 0 Å². The number of methoxy groups -OCH3 is 1. The van der Waals surface area contributed by atoms with Crippen molar-refractivity contribution in [2.75, 3.05) is 20.2 Å². The number of sulfonamides is 1. The van der Waals surface area contributed by atoms with Gasteiger partial charge in [-0.15, -0.1) is 0 Å². The zero-order valence-corrected chi connectivity index (χ0v) is 17.2. The third kappa shape index (κ3) is 4.69. The van der Waals surface area contributed by atoms with Crippen molar-refractivity contribution in [2.45, 2.75) is 17.7 Å². The number of nitrogens with zero attached hydrogens (tertiary/aromatic N) is 1. The minimum Gasteiger partial charge on any atom is -0.497 e. The molecule has 0 bridgehead atoms. The smallest absolute Gasteiger partial charge is 0.315 e. The van der Waals surface area contributed by atoms with Gasteiger partial charge in [-0.3, -0.25) is 4.79 Å². The average molecular weight is 454 g/mol. The topological polar surface area (TPSA) is 72.9 Å². The molecule has 1 unspecified atom stereocenters. The van der Waals surface area contributed by atoms with E-state index in [9.17, 15) is 13.2 Å². The van der Waals surface area contributed by atoms with Crippen LogP contribution in [0.15, 0.2) is 57.9 Å². The number of halogens is 1. The van der Waals surface area contributed by atoms with E-state index in [2.05, 4.69) is 15.9 Å². The lowest BCUT2D eigenvalue weighted by Gasteiger charge is -2.30. The molecule has 6 nitrogen and oxygen atoms in total. The van der Waals surface area contributed by atoms with E-state index in [0.717, 1.165) is 4.47 Å². The van der Waals surface area contributed by atoms with E-state index in [1.165, 1.54) is 4.31 Å². The summed E-state index contributed by atoms with van der Waals surface area (Å²) in [6.07, 6.45) is 1.21. The quantitative estimate of drug-likeness (QED) is 0.511. The van der Waals surface area contributed by atoms with Crippen molar-refractivity contribution in [2.24, 2.45) is 5.92 Å². The lowest BCUT2D eigenvalue weighted by atomic mass is 10.00. The number of hydrogen-bond donors (Lipinski definition) is 0. The Kier molecular flexibility index (Phi) is 6.18. The molecule has 0 radical (unpaired) electrons. The molecule has 0 saturated carbocycles. The molecule has 3 rings (SSSR count). The Morgan fingerprint density at radius 3 is 2.33 bits per heavy atom. The van der Waals surface area contributed by atoms with Gasteiger partial charge in [-0.1, -0.05) is 15.9 Å². The molecule has 1 heterocycles. The maximum atomic E-state index is 12.8. The SMILES string of the molecule is COc1ccc(OC(=O)C2CCCN(S(=O)(=O)c3ccc(Br)cc3)C2)cc1. The standard InChI is InChI=1S/C19H20BrNO5S/c1-25-16-6-8-17(9-7-16)26-19(22)14-3-2-12-21(13-14)27(23,24)18-10-4-15(20)5-11-18/h4-11,14H,2-3,12-13H2,1H3. The number of rotatable bonds is 5. The highest BCUT2D eigenvalue weighted by Crippen LogP contribution is 2.26. The number of benzene rings is 2. The molecule has 144 valence electrons. The summed E-state index contributed by atoms with van der Waals surface area (Å²) in [5.74, 6) is 0.162. The molecule has 1 fully saturated rings. The van der Waals surface area contributed by atoms with Gasteiger partial charge >= 0.3 is 5.97 Å². The Morgan fingerprint density at radius 1 is 1.07 bits per heavy atom. The Hall–Kier alpha value is -1.90. The van der Waals surface area contributed by atoms with Gasteiger partial charge in [0.2, 0.25) is 10.0 Å². The third-order valence-corrected chi connectivity index (χ3v) is 6.85. The number of carbonyl (C=O) groups excluding carboxylic acids is 1. The molecule has 0 N–H and O–H groups in total. The first kappa shape index (κ1) is 19.9. The van der Waals surface area contributed by atoms with Gasteiger partial charge in [-0.05, 0) is 61.4 Å². The lowest BCUT2D eigenvalue weighted by Crippen LogP contribution is -2.43. The van der Waals surface area contributed by atoms with E-state index in [1.54, 1.807) is 55.6 Å². The fourth-order valence-corrected chi connectivity index (χ4v) is 4.74. The molecule has 1 aliphatic heterocycles. The van der Waals surface area contributed by atoms with Crippen LogP contribution in [0.4, 0.5) is 0 Å². The molecule has 0 amide bonds. The van der Waals surface area contributed by atoms with Crippen LogP contribution in [0.3, 0.4) is 0 Å². The van der Waals surface area contributed by atoms with Crippen molar-refractivity contribution in [1.82, 2.24) is 4.31 Å². The molecule has 2 aromatic rings. The fraction of sp³-hybridized carbons (Fsp3) is 0.316. The molecule has 0 spiro atoms. The fourth-order valence-electron chi connectivity index (χ4n) is 2.95. The zero-order chi connectivity index (χ0) is 19.4. The number of esters is 1. The highest BCUT2D eigenvalue weighted by atomic mass is 79.9. The summed E-state index contributed by atoms with van der Waals surface area (Å²) in [5, 5.41) is 0. The first-order valence-corrected chi connectivity index (χ1v) is 10.7. The van der Waals surface area contributed by atoms with Gasteiger partial charge in [0.05, 0.1) is 17.9 Å². The minimum atomic E-state index is -3.64. The highest BCUT2D eigenvalue weighted by molar-refractivity contribution is 9.10. The number of carbonyl (C=O) groups is 1. The molecule has 1 atom stereocenters. The summed E-state index contributed by atoms with van der Waals surface area (Å²) in [6.45, 7) is 0.512. The van der Waals surface area contributed by atoms with Crippen LogP contribution in [-0.4, -0.2) is 38.9 Å². The normalized spacial score (nSPS) is 18.1. The highest BCUT2D eigenvalue weighted by Gasteiger charge is 2.34. The Morgan fingerprint density at radius 2 is 1.70 bits per heavy atom. The van der Waals surface area contributed by atoms with Crippen molar-refractivity contribution < 1.29 is 22.7 Å². The second kappa shape index (κ2) is 8.41. The van der Waals surface area contributed by atoms with Gasteiger partial charge in [-0.25, -0.2) is 8.42 Å². The first-order chi connectivity index (χ1) is 12.9. The van der Waals surface area contributed by atoms with E-state index in [4.69, 9.17) is 9.47 Å². The van der Waals surface area contributed by atoms with Crippen molar-refractivity contribution in [3.8, 4) is 11.5 Å². The van der Waals surface area contributed by atoms with Gasteiger partial charge in [0.15, 0.2) is 0 Å². The molecule has 27 heavy (non-hydrogen) atoms. The summed E-state index contributed by atoms with van der Waals surface area (Å²) in [4.78, 5) is 12.7. The van der Waals surface area contributed by atoms with Gasteiger partial charge < -0.3 is 9.47 Å². The van der Waals surface area contributed by atoms with Crippen LogP contribution in [0.5, 0.6) is 11.5 Å². The van der Waals surface area contributed by atoms with E-state index >= 15 is 0 Å². The van der Waals surface area contributed by atoms with Crippen LogP contribution in [-0.2, 0) is 14.8 Å². The summed E-state index contributed by atoms with van der Waals surface area (Å²) in [6, 6.07) is 13.2. The lowest BCUT2D eigenvalue weighted by molar-refractivity contribution is -0.140. The zero-order valence-electron chi connectivity index (χ0n) is 14.8. The Balaban J connectivity index is 1.69. The first-order valence-electron chi connectivity index (χ1n) is 8.51. The van der Waals surface area contributed by atoms with Crippen LogP contribution in [0.25, 0.3) is 0 Å². The van der Waals surface area contributed by atoms with Gasteiger partial charge in [0.1, 0.15) is 11.5 Å². The van der Waals surface area contributed by atoms with Crippen molar-refractivity contribution in [3.63, 3.8) is 0 Å². The molecule has 1 saturated heterocycles. The predicted octanol–water partition coefficient (Wildman–Crippen LogP) is 3.46. The second-order valence-corrected chi connectivity index (χ2v) is 9.11. The monoisotopic (exact) mass is 453 g/mol. The maximum Gasteiger partial charge on any atom is 0.315 e. The van der Waals surface area contributed by atoms with Crippen LogP contribution >= 0.6 is 15.9 Å². The van der Waals surface area contributed by atoms with Gasteiger partial charge in [0.25, 0.3) is 0 Å². The largest absolute Gasteiger partial charge is 0.497 e. The average Bonchev–Trinajstić information content (AvgIpc) is 2.69. The predicted molar refractivity (Wildman–Crippen MR) is 104 cm³/mol. The maximum absolute atomic E-state index is 12.8. The number of ether oxygens (including phenoxy) is 2. The van der Waals surface area contributed by atoms with Crippen molar-refractivity contribution >= 4 is 31.9 Å². The summed E-state index contributed by atoms with van der Waals surface area (Å²) in [5.41, 5.74) is 0. The van der Waals surface area contributed by atoms with Crippen LogP contribution in [0, 0.1) is 5.92 Å². The Labute approximate surface area is 167 Å². The van der Waals surface area contributed by atoms with Gasteiger partial charge in [-0.2, -0.15) is 4.31 Å². The molecule has 1 aliphatic rings. The minimum absolute atomic E-state index is 0.118. The number of hydrogen-bond acceptors (Lipinski definition) is 5. The molecular formula is C19H20BrNO5S. The molecule has 0 aromatic heterocycles. The third-order valence-electron chi connectivity index (χ3n) is 4.45. The van der Waals surface area contributed by atoms with E-state index < -0.39 is 21.9 Å². The van der Waals surface area contributed by atoms with Crippen molar-refractivity contribution in [3.05, 3.63) is 53.0 Å². The van der Waals surface area contributed by atoms with E-state index in [-0.39, 0.29) is 11.4 Å². The molecule has 8 heteroatoms. The van der Waals surface area contributed by atoms with E-state index in [0.29, 0.717) is 30.9 Å². The summed E-state index contributed by atoms with van der Waals surface area (Å²) >= 11 is 3.30. The van der Waals surface area contributed by atoms with Crippen LogP contribution in [0.2, 0.25) is 0 Å². The molecule has 2 aromatic carbocycles. The summed E-state index contributed by atoms with van der Waals surface area (Å²) < 4.78 is 38.3. The molecular weight excluding hydrogens is 434 g/mol. The van der Waals surface area contributed by atoms with Crippen LogP contribution in [0.1, 0.15) is 12.8 Å². The van der Waals surface area contributed by atoms with Gasteiger partial charge in [0, 0.05) is 17.6 Å². The summed E-state index contributed by atoms with van der Waals surface area (Å²) in [7, 11) is -2.08. The Bertz CT molecular complexity index is 897.